The minimum atomic E-state index is -0.636. The van der Waals surface area contributed by atoms with Crippen LogP contribution in [0.5, 0.6) is 11.5 Å². The number of hydrogen-bond acceptors (Lipinski definition) is 7. The van der Waals surface area contributed by atoms with Crippen LogP contribution in [0.25, 0.3) is 10.9 Å². The molecule has 0 aliphatic carbocycles. The van der Waals surface area contributed by atoms with Crippen molar-refractivity contribution in [3.8, 4) is 11.5 Å². The molecule has 1 unspecified atom stereocenters. The molecule has 0 saturated carbocycles. The molecule has 1 aromatic heterocycles. The summed E-state index contributed by atoms with van der Waals surface area (Å²) in [6.45, 7) is 5.92. The van der Waals surface area contributed by atoms with E-state index in [9.17, 15) is 9.59 Å². The van der Waals surface area contributed by atoms with Gasteiger partial charge in [0.15, 0.2) is 5.17 Å². The molecule has 1 aliphatic heterocycles. The Balaban J connectivity index is 1.72. The van der Waals surface area contributed by atoms with Gasteiger partial charge in [-0.2, -0.15) is 0 Å². The highest BCUT2D eigenvalue weighted by atomic mass is 35.5. The van der Waals surface area contributed by atoms with E-state index in [4.69, 9.17) is 30.8 Å². The molecular formula is C27H30ClN3O5S. The number of aryl methyl sites for hydroxylation is 2. The fourth-order valence-electron chi connectivity index (χ4n) is 4.77. The highest BCUT2D eigenvalue weighted by Gasteiger charge is 2.39. The van der Waals surface area contributed by atoms with E-state index in [1.165, 1.54) is 18.9 Å². The molecule has 0 bridgehead atoms. The Morgan fingerprint density at radius 3 is 2.49 bits per heavy atom. The molecule has 1 atom stereocenters. The van der Waals surface area contributed by atoms with Gasteiger partial charge < -0.3 is 18.8 Å². The van der Waals surface area contributed by atoms with E-state index >= 15 is 0 Å². The molecule has 1 aliphatic rings. The summed E-state index contributed by atoms with van der Waals surface area (Å²) in [6, 6.07) is 9.39. The number of thioether (sulfide) groups is 1. The quantitative estimate of drug-likeness (QED) is 0.410. The second-order valence-corrected chi connectivity index (χ2v) is 10.3. The lowest BCUT2D eigenvalue weighted by atomic mass is 9.89. The van der Waals surface area contributed by atoms with Crippen molar-refractivity contribution >= 4 is 51.3 Å². The summed E-state index contributed by atoms with van der Waals surface area (Å²) in [5.41, 5.74) is 3.42. The highest BCUT2D eigenvalue weighted by Crippen LogP contribution is 2.46. The number of esters is 1. The number of benzene rings is 2. The molecule has 2 heterocycles. The number of carbonyl (C=O) groups is 2. The third kappa shape index (κ3) is 5.02. The van der Waals surface area contributed by atoms with E-state index in [0.717, 1.165) is 27.6 Å². The van der Waals surface area contributed by atoms with Crippen molar-refractivity contribution in [3.05, 3.63) is 57.7 Å². The molecule has 0 radical (unpaired) electrons. The molecule has 10 heteroatoms. The van der Waals surface area contributed by atoms with Gasteiger partial charge in [0, 0.05) is 22.8 Å². The standard InChI is InChI=1S/C27H30ClN3O5S/c1-7-27(18-11-22(35-5)19(28)12-21(18)34-4)14-37-26(30-27)29-25(33)20-10-17-9-15(2)8-16(3)24(17)31(20)13-23(32)36-6/h8-12H,7,13-14H2,1-6H3,(H,29,30,33). The van der Waals surface area contributed by atoms with Crippen molar-refractivity contribution < 1.29 is 23.8 Å². The van der Waals surface area contributed by atoms with Crippen molar-refractivity contribution in [2.45, 2.75) is 39.3 Å². The van der Waals surface area contributed by atoms with Crippen molar-refractivity contribution in [2.75, 3.05) is 27.1 Å². The Morgan fingerprint density at radius 1 is 1.11 bits per heavy atom. The first-order valence-corrected chi connectivity index (χ1v) is 13.2. The third-order valence-electron chi connectivity index (χ3n) is 6.62. The van der Waals surface area contributed by atoms with Crippen LogP contribution in [0.3, 0.4) is 0 Å². The average Bonchev–Trinajstić information content (AvgIpc) is 3.45. The molecule has 1 amide bonds. The molecule has 2 aromatic carbocycles. The normalized spacial score (nSPS) is 17.0. The minimum Gasteiger partial charge on any atom is -0.496 e. The number of methoxy groups -OCH3 is 3. The van der Waals surface area contributed by atoms with Gasteiger partial charge in [0.25, 0.3) is 5.91 Å². The fourth-order valence-corrected chi connectivity index (χ4v) is 6.20. The zero-order chi connectivity index (χ0) is 26.9. The molecule has 8 nitrogen and oxygen atoms in total. The summed E-state index contributed by atoms with van der Waals surface area (Å²) in [5, 5.41) is 4.78. The predicted molar refractivity (Wildman–Crippen MR) is 147 cm³/mol. The Bertz CT molecular complexity index is 1420. The SMILES string of the molecule is CCC1(c2cc(OC)c(Cl)cc2OC)CSC(NC(=O)c2cc3cc(C)cc(C)c3n2CC(=O)OC)=N1. The summed E-state index contributed by atoms with van der Waals surface area (Å²) in [7, 11) is 4.48. The number of hydrogen-bond donors (Lipinski definition) is 1. The largest absolute Gasteiger partial charge is 0.496 e. The van der Waals surface area contributed by atoms with Crippen molar-refractivity contribution in [2.24, 2.45) is 4.99 Å². The monoisotopic (exact) mass is 543 g/mol. The van der Waals surface area contributed by atoms with Crippen LogP contribution < -0.4 is 14.8 Å². The van der Waals surface area contributed by atoms with Crippen LogP contribution in [0.2, 0.25) is 5.02 Å². The van der Waals surface area contributed by atoms with Gasteiger partial charge in [0.1, 0.15) is 29.3 Å². The zero-order valence-electron chi connectivity index (χ0n) is 21.7. The molecule has 1 N–H and O–H groups in total. The summed E-state index contributed by atoms with van der Waals surface area (Å²) in [4.78, 5) is 30.7. The van der Waals surface area contributed by atoms with E-state index < -0.39 is 11.5 Å². The zero-order valence-corrected chi connectivity index (χ0v) is 23.3. The number of amidine groups is 1. The minimum absolute atomic E-state index is 0.0764. The van der Waals surface area contributed by atoms with Crippen molar-refractivity contribution in [1.29, 1.82) is 0 Å². The van der Waals surface area contributed by atoms with Gasteiger partial charge in [0.05, 0.1) is 31.9 Å². The maximum atomic E-state index is 13.5. The van der Waals surface area contributed by atoms with Crippen LogP contribution in [0, 0.1) is 13.8 Å². The lowest BCUT2D eigenvalue weighted by Gasteiger charge is -2.26. The van der Waals surface area contributed by atoms with E-state index in [2.05, 4.69) is 5.32 Å². The van der Waals surface area contributed by atoms with Gasteiger partial charge >= 0.3 is 5.97 Å². The Kier molecular flexibility index (Phi) is 7.75. The number of halogens is 1. The molecule has 196 valence electrons. The number of nitrogens with zero attached hydrogens (tertiary/aromatic N) is 2. The maximum absolute atomic E-state index is 13.5. The Morgan fingerprint density at radius 2 is 1.84 bits per heavy atom. The molecular weight excluding hydrogens is 514 g/mol. The van der Waals surface area contributed by atoms with Crippen LogP contribution in [-0.4, -0.2) is 48.7 Å². The highest BCUT2D eigenvalue weighted by molar-refractivity contribution is 8.14. The summed E-state index contributed by atoms with van der Waals surface area (Å²) in [6.07, 6.45) is 0.668. The summed E-state index contributed by atoms with van der Waals surface area (Å²) >= 11 is 7.77. The van der Waals surface area contributed by atoms with Crippen molar-refractivity contribution in [1.82, 2.24) is 9.88 Å². The topological polar surface area (TPSA) is 91.2 Å². The van der Waals surface area contributed by atoms with Gasteiger partial charge in [-0.3, -0.25) is 14.9 Å². The maximum Gasteiger partial charge on any atom is 0.325 e. The lowest BCUT2D eigenvalue weighted by molar-refractivity contribution is -0.141. The fraction of sp³-hybridized carbons (Fsp3) is 0.370. The molecule has 3 aromatic rings. The Labute approximate surface area is 225 Å². The molecule has 0 spiro atoms. The van der Waals surface area contributed by atoms with Gasteiger partial charge in [-0.25, -0.2) is 4.99 Å². The lowest BCUT2D eigenvalue weighted by Crippen LogP contribution is -2.30. The number of fused-ring (bicyclic) bond motifs is 1. The van der Waals surface area contributed by atoms with E-state index in [1.807, 2.05) is 39.0 Å². The first-order chi connectivity index (χ1) is 17.7. The third-order valence-corrected chi connectivity index (χ3v) is 8.00. The number of aromatic nitrogens is 1. The van der Waals surface area contributed by atoms with E-state index in [-0.39, 0.29) is 12.5 Å². The van der Waals surface area contributed by atoms with Crippen molar-refractivity contribution in [3.63, 3.8) is 0 Å². The van der Waals surface area contributed by atoms with Crippen LogP contribution in [0.1, 0.15) is 40.5 Å². The molecule has 0 saturated heterocycles. The average molecular weight is 544 g/mol. The second-order valence-electron chi connectivity index (χ2n) is 8.94. The van der Waals surface area contributed by atoms with Crippen LogP contribution in [-0.2, 0) is 21.6 Å². The number of amides is 1. The Hall–Kier alpha value is -3.17. The van der Waals surface area contributed by atoms with Crippen LogP contribution >= 0.6 is 23.4 Å². The van der Waals surface area contributed by atoms with Crippen LogP contribution in [0.4, 0.5) is 0 Å². The predicted octanol–water partition coefficient (Wildman–Crippen LogP) is 5.24. The molecule has 0 fully saturated rings. The number of ether oxygens (including phenoxy) is 3. The number of nitrogens with one attached hydrogen (secondary N) is 1. The number of carbonyl (C=O) groups excluding carboxylic acids is 2. The van der Waals surface area contributed by atoms with Gasteiger partial charge in [-0.15, -0.1) is 0 Å². The van der Waals surface area contributed by atoms with Gasteiger partial charge in [0.2, 0.25) is 0 Å². The first-order valence-electron chi connectivity index (χ1n) is 11.8. The second kappa shape index (κ2) is 10.7. The summed E-state index contributed by atoms with van der Waals surface area (Å²) in [5.74, 6) is 0.947. The first kappa shape index (κ1) is 26.9. The molecule has 37 heavy (non-hydrogen) atoms. The van der Waals surface area contributed by atoms with Crippen LogP contribution in [0.15, 0.2) is 35.3 Å². The van der Waals surface area contributed by atoms with Gasteiger partial charge in [-0.1, -0.05) is 41.9 Å². The van der Waals surface area contributed by atoms with Gasteiger partial charge in [-0.05, 0) is 44.0 Å². The molecule has 4 rings (SSSR count). The smallest absolute Gasteiger partial charge is 0.325 e. The van der Waals surface area contributed by atoms with E-state index in [0.29, 0.717) is 39.6 Å². The van der Waals surface area contributed by atoms with E-state index in [1.54, 1.807) is 30.9 Å². The number of rotatable bonds is 7. The number of aliphatic imine (C=N–C) groups is 1. The summed E-state index contributed by atoms with van der Waals surface area (Å²) < 4.78 is 17.6.